The van der Waals surface area contributed by atoms with Crippen molar-refractivity contribution in [2.45, 2.75) is 11.8 Å². The normalized spacial score (nSPS) is 11.4. The number of aryl methyl sites for hydroxylation is 1. The number of rotatable bonds is 6. The highest BCUT2D eigenvalue weighted by atomic mass is 35.5. The third-order valence-electron chi connectivity index (χ3n) is 2.94. The van der Waals surface area contributed by atoms with Gasteiger partial charge in [0, 0.05) is 13.1 Å². The number of hydrogen-bond acceptors (Lipinski definition) is 4. The second-order valence-electron chi connectivity index (χ2n) is 4.70. The van der Waals surface area contributed by atoms with Crippen molar-refractivity contribution in [1.82, 2.24) is 10.0 Å². The van der Waals surface area contributed by atoms with Gasteiger partial charge in [0.25, 0.3) is 5.91 Å². The summed E-state index contributed by atoms with van der Waals surface area (Å²) in [6.07, 6.45) is 0. The number of halogens is 2. The van der Waals surface area contributed by atoms with Gasteiger partial charge in [-0.1, -0.05) is 40.9 Å². The second kappa shape index (κ2) is 7.63. The fraction of sp³-hybridized carbons (Fsp3) is 0.214. The summed E-state index contributed by atoms with van der Waals surface area (Å²) in [5.74, 6) is -0.396. The van der Waals surface area contributed by atoms with Crippen molar-refractivity contribution < 1.29 is 13.2 Å². The summed E-state index contributed by atoms with van der Waals surface area (Å²) in [4.78, 5) is 12.1. The van der Waals surface area contributed by atoms with E-state index in [-0.39, 0.29) is 23.5 Å². The number of carbonyl (C=O) groups is 1. The maximum atomic E-state index is 12.1. The number of nitrogens with one attached hydrogen (secondary N) is 2. The number of benzene rings is 1. The van der Waals surface area contributed by atoms with Gasteiger partial charge in [-0.3, -0.25) is 4.79 Å². The van der Waals surface area contributed by atoms with E-state index in [1.54, 1.807) is 12.1 Å². The lowest BCUT2D eigenvalue weighted by Crippen LogP contribution is -2.34. The van der Waals surface area contributed by atoms with Gasteiger partial charge in [0.15, 0.2) is 0 Å². The molecule has 0 saturated heterocycles. The molecular formula is C14H14Cl2N2O3S2. The van der Waals surface area contributed by atoms with Crippen LogP contribution < -0.4 is 10.0 Å². The van der Waals surface area contributed by atoms with Crippen LogP contribution in [0.25, 0.3) is 0 Å². The number of sulfonamides is 1. The predicted octanol–water partition coefficient (Wildman–Crippen LogP) is 3.07. The van der Waals surface area contributed by atoms with Crippen LogP contribution >= 0.6 is 34.5 Å². The van der Waals surface area contributed by atoms with Crippen LogP contribution in [0.5, 0.6) is 0 Å². The maximum Gasteiger partial charge on any atom is 0.253 e. The van der Waals surface area contributed by atoms with Gasteiger partial charge >= 0.3 is 0 Å². The average Bonchev–Trinajstić information content (AvgIpc) is 2.83. The van der Waals surface area contributed by atoms with Crippen molar-refractivity contribution in [1.29, 1.82) is 0 Å². The Labute approximate surface area is 148 Å². The first-order chi connectivity index (χ1) is 10.8. The molecule has 0 bridgehead atoms. The van der Waals surface area contributed by atoms with Gasteiger partial charge in [-0.05, 0) is 25.1 Å². The highest BCUT2D eigenvalue weighted by Gasteiger charge is 2.15. The molecule has 0 unspecified atom stereocenters. The number of carbonyl (C=O) groups excluding carboxylic acids is 1. The van der Waals surface area contributed by atoms with E-state index < -0.39 is 15.9 Å². The van der Waals surface area contributed by atoms with Crippen molar-refractivity contribution in [3.05, 3.63) is 50.1 Å². The molecule has 0 aliphatic carbocycles. The highest BCUT2D eigenvalue weighted by Crippen LogP contribution is 2.30. The summed E-state index contributed by atoms with van der Waals surface area (Å²) in [6.45, 7) is 2.08. The molecule has 9 heteroatoms. The molecule has 2 N–H and O–H groups in total. The topological polar surface area (TPSA) is 75.3 Å². The van der Waals surface area contributed by atoms with Gasteiger partial charge in [-0.2, -0.15) is 0 Å². The minimum atomic E-state index is -3.59. The smallest absolute Gasteiger partial charge is 0.253 e. The zero-order valence-corrected chi connectivity index (χ0v) is 15.2. The quantitative estimate of drug-likeness (QED) is 0.741. The SMILES string of the molecule is Cc1ccc(S(=O)(=O)NCCNC(=O)c2cc(Cl)sc2Cl)cc1. The summed E-state index contributed by atoms with van der Waals surface area (Å²) in [6, 6.07) is 7.98. The van der Waals surface area contributed by atoms with Crippen molar-refractivity contribution >= 4 is 50.5 Å². The predicted molar refractivity (Wildman–Crippen MR) is 93.0 cm³/mol. The molecule has 2 rings (SSSR count). The van der Waals surface area contributed by atoms with Crippen molar-refractivity contribution in [3.63, 3.8) is 0 Å². The number of thiophene rings is 1. The van der Waals surface area contributed by atoms with Gasteiger partial charge in [-0.25, -0.2) is 13.1 Å². The van der Waals surface area contributed by atoms with Crippen LogP contribution in [0, 0.1) is 6.92 Å². The van der Waals surface area contributed by atoms with E-state index >= 15 is 0 Å². The molecule has 23 heavy (non-hydrogen) atoms. The van der Waals surface area contributed by atoms with Crippen LogP contribution in [0.3, 0.4) is 0 Å². The largest absolute Gasteiger partial charge is 0.351 e. The molecule has 0 aliphatic rings. The Morgan fingerprint density at radius 3 is 2.39 bits per heavy atom. The van der Waals surface area contributed by atoms with Crippen LogP contribution in [-0.2, 0) is 10.0 Å². The van der Waals surface area contributed by atoms with E-state index in [2.05, 4.69) is 10.0 Å². The van der Waals surface area contributed by atoms with E-state index in [0.29, 0.717) is 8.67 Å². The molecule has 1 aromatic heterocycles. The highest BCUT2D eigenvalue weighted by molar-refractivity contribution is 7.89. The first-order valence-corrected chi connectivity index (χ1v) is 9.64. The van der Waals surface area contributed by atoms with Crippen LogP contribution in [0.15, 0.2) is 35.2 Å². The first kappa shape index (κ1) is 18.2. The third kappa shape index (κ3) is 4.92. The summed E-state index contributed by atoms with van der Waals surface area (Å²) in [5.41, 5.74) is 1.26. The fourth-order valence-electron chi connectivity index (χ4n) is 1.75. The Morgan fingerprint density at radius 1 is 1.17 bits per heavy atom. The van der Waals surface area contributed by atoms with Crippen LogP contribution in [0.2, 0.25) is 8.67 Å². The summed E-state index contributed by atoms with van der Waals surface area (Å²) in [7, 11) is -3.59. The molecule has 0 spiro atoms. The molecule has 0 saturated carbocycles. The maximum absolute atomic E-state index is 12.1. The molecule has 124 valence electrons. The Kier molecular flexibility index (Phi) is 6.05. The summed E-state index contributed by atoms with van der Waals surface area (Å²) in [5, 5.41) is 2.58. The Balaban J connectivity index is 1.86. The monoisotopic (exact) mass is 392 g/mol. The third-order valence-corrected chi connectivity index (χ3v) is 5.90. The molecule has 0 fully saturated rings. The van der Waals surface area contributed by atoms with Crippen molar-refractivity contribution in [2.75, 3.05) is 13.1 Å². The molecule has 0 aliphatic heterocycles. The van der Waals surface area contributed by atoms with Crippen molar-refractivity contribution in [2.24, 2.45) is 0 Å². The first-order valence-electron chi connectivity index (χ1n) is 6.59. The lowest BCUT2D eigenvalue weighted by atomic mass is 10.2. The average molecular weight is 393 g/mol. The molecule has 0 atom stereocenters. The molecule has 1 amide bonds. The Morgan fingerprint density at radius 2 is 1.83 bits per heavy atom. The number of amides is 1. The standard InChI is InChI=1S/C14H14Cl2N2O3S2/c1-9-2-4-10(5-3-9)23(20,21)18-7-6-17-14(19)11-8-12(15)22-13(11)16/h2-5,8,18H,6-7H2,1H3,(H,17,19). The van der Waals surface area contributed by atoms with E-state index in [9.17, 15) is 13.2 Å². The molecule has 1 heterocycles. The minimum absolute atomic E-state index is 0.0669. The second-order valence-corrected chi connectivity index (χ2v) is 8.76. The van der Waals surface area contributed by atoms with E-state index in [1.165, 1.54) is 18.2 Å². The lowest BCUT2D eigenvalue weighted by molar-refractivity contribution is 0.0955. The summed E-state index contributed by atoms with van der Waals surface area (Å²) < 4.78 is 27.2. The van der Waals surface area contributed by atoms with Gasteiger partial charge < -0.3 is 5.32 Å². The van der Waals surface area contributed by atoms with E-state index in [1.807, 2.05) is 6.92 Å². The van der Waals surface area contributed by atoms with Crippen molar-refractivity contribution in [3.8, 4) is 0 Å². The molecule has 0 radical (unpaired) electrons. The molecule has 1 aromatic carbocycles. The zero-order chi connectivity index (χ0) is 17.0. The van der Waals surface area contributed by atoms with Gasteiger partial charge in [0.05, 0.1) is 14.8 Å². The Bertz CT molecular complexity index is 802. The fourth-order valence-corrected chi connectivity index (χ4v) is 4.24. The van der Waals surface area contributed by atoms with Crippen LogP contribution in [-0.4, -0.2) is 27.4 Å². The number of hydrogen-bond donors (Lipinski definition) is 2. The lowest BCUT2D eigenvalue weighted by Gasteiger charge is -2.08. The molecular weight excluding hydrogens is 379 g/mol. The molecule has 2 aromatic rings. The van der Waals surface area contributed by atoms with Gasteiger partial charge in [0.1, 0.15) is 4.34 Å². The van der Waals surface area contributed by atoms with Crippen LogP contribution in [0.1, 0.15) is 15.9 Å². The summed E-state index contributed by atoms with van der Waals surface area (Å²) >= 11 is 12.8. The molecule has 5 nitrogen and oxygen atoms in total. The zero-order valence-electron chi connectivity index (χ0n) is 12.1. The van der Waals surface area contributed by atoms with Gasteiger partial charge in [-0.15, -0.1) is 11.3 Å². The van der Waals surface area contributed by atoms with E-state index in [4.69, 9.17) is 23.2 Å². The minimum Gasteiger partial charge on any atom is -0.351 e. The van der Waals surface area contributed by atoms with E-state index in [0.717, 1.165) is 16.9 Å². The Hall–Kier alpha value is -1.12. The van der Waals surface area contributed by atoms with Gasteiger partial charge in [0.2, 0.25) is 10.0 Å². The van der Waals surface area contributed by atoms with Crippen LogP contribution in [0.4, 0.5) is 0 Å².